The fourth-order valence-electron chi connectivity index (χ4n) is 7.69. The molecule has 0 aliphatic carbocycles. The highest BCUT2D eigenvalue weighted by Gasteiger charge is 2.33. The van der Waals surface area contributed by atoms with Gasteiger partial charge in [-0.2, -0.15) is 0 Å². The lowest BCUT2D eigenvalue weighted by Gasteiger charge is -2.19. The van der Waals surface area contributed by atoms with Gasteiger partial charge < -0.3 is 11.5 Å². The molecule has 0 aliphatic heterocycles. The van der Waals surface area contributed by atoms with Gasteiger partial charge in [0, 0.05) is 23.9 Å². The minimum Gasteiger partial charge on any atom is -0.326 e. The van der Waals surface area contributed by atoms with Crippen molar-refractivity contribution >= 4 is 54.1 Å². The van der Waals surface area contributed by atoms with E-state index in [4.69, 9.17) is 11.5 Å². The summed E-state index contributed by atoms with van der Waals surface area (Å²) in [4.78, 5) is 57.4. The molecule has 4 N–H and O–H groups in total. The molecule has 4 aromatic heterocycles. The molecule has 0 saturated carbocycles. The molecule has 40 heavy (non-hydrogen) atoms. The van der Waals surface area contributed by atoms with Crippen LogP contribution in [0.4, 0.5) is 0 Å². The van der Waals surface area contributed by atoms with E-state index < -0.39 is 22.2 Å². The normalized spacial score (nSPS) is 12.8. The Hall–Kier alpha value is -4.14. The van der Waals surface area contributed by atoms with Gasteiger partial charge in [-0.1, -0.05) is 33.8 Å². The van der Waals surface area contributed by atoms with Crippen LogP contribution in [0.15, 0.2) is 31.3 Å². The van der Waals surface area contributed by atoms with E-state index in [-0.39, 0.29) is 45.7 Å². The van der Waals surface area contributed by atoms with Crippen molar-refractivity contribution in [3.05, 3.63) is 86.9 Å². The van der Waals surface area contributed by atoms with Crippen LogP contribution in [0, 0.1) is 0 Å². The molecular weight excluding hydrogens is 504 g/mol. The molecule has 5 aromatic carbocycles. The lowest BCUT2D eigenvalue weighted by molar-refractivity contribution is 0.951. The molecular formula is C32H30N4O4. The maximum absolute atomic E-state index is 14.4. The molecule has 0 radical (unpaired) electrons. The second-order valence-corrected chi connectivity index (χ2v) is 10.7. The molecule has 9 rings (SSSR count). The van der Waals surface area contributed by atoms with Crippen LogP contribution in [0.5, 0.6) is 0 Å². The first-order chi connectivity index (χ1) is 19.3. The van der Waals surface area contributed by atoms with Gasteiger partial charge in [0.2, 0.25) is 0 Å². The van der Waals surface area contributed by atoms with Crippen molar-refractivity contribution in [3.8, 4) is 0 Å². The first-order valence-electron chi connectivity index (χ1n) is 14.1. The zero-order valence-corrected chi connectivity index (χ0v) is 23.1. The average molecular weight is 535 g/mol. The van der Waals surface area contributed by atoms with Crippen LogP contribution in [0.2, 0.25) is 0 Å². The molecule has 8 heteroatoms. The summed E-state index contributed by atoms with van der Waals surface area (Å²) in [5.74, 6) is 0. The van der Waals surface area contributed by atoms with Crippen molar-refractivity contribution in [2.24, 2.45) is 11.5 Å². The second kappa shape index (κ2) is 8.19. The Kier molecular flexibility index (Phi) is 5.09. The predicted molar refractivity (Wildman–Crippen MR) is 161 cm³/mol. The number of nitrogens with zero attached hydrogens (tertiary/aromatic N) is 2. The number of nitrogens with two attached hydrogens (primary N) is 2. The summed E-state index contributed by atoms with van der Waals surface area (Å²) in [6.07, 6.45) is 2.74. The molecule has 0 amide bonds. The lowest BCUT2D eigenvalue weighted by atomic mass is 9.83. The summed E-state index contributed by atoms with van der Waals surface area (Å²) >= 11 is 0. The van der Waals surface area contributed by atoms with E-state index in [1.807, 2.05) is 19.9 Å². The predicted octanol–water partition coefficient (Wildman–Crippen LogP) is 3.16. The Bertz CT molecular complexity index is 2420. The van der Waals surface area contributed by atoms with E-state index >= 15 is 0 Å². The van der Waals surface area contributed by atoms with Crippen LogP contribution in [0.3, 0.4) is 0 Å². The zero-order chi connectivity index (χ0) is 28.4. The summed E-state index contributed by atoms with van der Waals surface area (Å²) < 4.78 is 2.33. The summed E-state index contributed by atoms with van der Waals surface area (Å²) in [6, 6.07) is 3.82. The molecule has 0 saturated heterocycles. The van der Waals surface area contributed by atoms with Gasteiger partial charge >= 0.3 is 0 Å². The van der Waals surface area contributed by atoms with Gasteiger partial charge in [0.1, 0.15) is 0 Å². The van der Waals surface area contributed by atoms with Crippen LogP contribution >= 0.6 is 0 Å². The van der Waals surface area contributed by atoms with Crippen LogP contribution in [-0.4, -0.2) is 8.80 Å². The highest BCUT2D eigenvalue weighted by atomic mass is 16.2. The van der Waals surface area contributed by atoms with E-state index in [0.29, 0.717) is 39.9 Å². The number of aromatic nitrogens is 2. The fourth-order valence-corrected chi connectivity index (χ4v) is 7.69. The van der Waals surface area contributed by atoms with Crippen LogP contribution in [0.25, 0.3) is 54.1 Å². The number of rotatable bonds is 6. The van der Waals surface area contributed by atoms with Gasteiger partial charge in [-0.3, -0.25) is 19.2 Å². The molecule has 4 heterocycles. The molecule has 0 aliphatic rings. The van der Waals surface area contributed by atoms with Crippen molar-refractivity contribution in [1.29, 1.82) is 0 Å². The van der Waals surface area contributed by atoms with Gasteiger partial charge in [0.05, 0.1) is 32.6 Å². The first kappa shape index (κ1) is 24.9. The van der Waals surface area contributed by atoms with Gasteiger partial charge in [-0.15, -0.1) is 0 Å². The van der Waals surface area contributed by atoms with E-state index in [9.17, 15) is 19.2 Å². The van der Waals surface area contributed by atoms with Gasteiger partial charge in [-0.25, -0.2) is 8.80 Å². The van der Waals surface area contributed by atoms with Crippen molar-refractivity contribution in [3.63, 3.8) is 0 Å². The smallest absolute Gasteiger partial charge is 0.266 e. The van der Waals surface area contributed by atoms with E-state index in [1.54, 1.807) is 6.07 Å². The highest BCUT2D eigenvalue weighted by Crippen LogP contribution is 2.44. The standard InChI is InChI=1S/C32H30N4O4/c1-5-13-9-17-21(18(11-33)15(13)7-3)23-26-24-22(17)25-27(23)32(40)36(31(25)39)28-19(12-34)16(8-4)14(6-2)10-20(28)35(29(24)37)30(26)38/h9-10H,5-8,11-12,33-34H2,1-4H3. The largest absolute Gasteiger partial charge is 0.326 e. The molecule has 202 valence electrons. The number of hydrogen-bond acceptors (Lipinski definition) is 6. The van der Waals surface area contributed by atoms with E-state index in [1.165, 1.54) is 4.40 Å². The quantitative estimate of drug-likeness (QED) is 0.337. The minimum absolute atomic E-state index is 0.0504. The zero-order valence-electron chi connectivity index (χ0n) is 23.1. The van der Waals surface area contributed by atoms with Crippen LogP contribution < -0.4 is 33.7 Å². The number of aryl methyl sites for hydroxylation is 2. The van der Waals surface area contributed by atoms with E-state index in [0.717, 1.165) is 45.1 Å². The van der Waals surface area contributed by atoms with Crippen molar-refractivity contribution in [2.45, 2.75) is 66.5 Å². The average Bonchev–Trinajstić information content (AvgIpc) is 3.40. The van der Waals surface area contributed by atoms with Crippen molar-refractivity contribution in [2.75, 3.05) is 0 Å². The topological polar surface area (TPSA) is 129 Å². The first-order valence-corrected chi connectivity index (χ1v) is 14.1. The maximum atomic E-state index is 14.4. The lowest BCUT2D eigenvalue weighted by Crippen LogP contribution is -2.23. The van der Waals surface area contributed by atoms with Gasteiger partial charge in [-0.05, 0) is 75.9 Å². The Labute approximate surface area is 227 Å². The van der Waals surface area contributed by atoms with Crippen molar-refractivity contribution < 1.29 is 0 Å². The minimum atomic E-state index is -0.485. The summed E-state index contributed by atoms with van der Waals surface area (Å²) in [5.41, 5.74) is 16.7. The third-order valence-corrected chi connectivity index (χ3v) is 9.26. The summed E-state index contributed by atoms with van der Waals surface area (Å²) in [5, 5.41) is 3.00. The third kappa shape index (κ3) is 2.54. The molecule has 0 spiro atoms. The Balaban J connectivity index is 2.01. The monoisotopic (exact) mass is 534 g/mol. The molecule has 0 unspecified atom stereocenters. The number of benzene rings is 5. The summed E-state index contributed by atoms with van der Waals surface area (Å²) in [7, 11) is 0. The molecule has 0 fully saturated rings. The highest BCUT2D eigenvalue weighted by molar-refractivity contribution is 6.40. The van der Waals surface area contributed by atoms with Crippen LogP contribution in [-0.2, 0) is 38.8 Å². The van der Waals surface area contributed by atoms with Crippen molar-refractivity contribution in [1.82, 2.24) is 8.80 Å². The Morgan fingerprint density at radius 1 is 0.525 bits per heavy atom. The van der Waals surface area contributed by atoms with Crippen LogP contribution in [0.1, 0.15) is 61.1 Å². The van der Waals surface area contributed by atoms with E-state index in [2.05, 4.69) is 13.8 Å². The Morgan fingerprint density at radius 3 is 1.50 bits per heavy atom. The second-order valence-electron chi connectivity index (χ2n) is 10.7. The fraction of sp³-hybridized carbons (Fsp3) is 0.312. The Morgan fingerprint density at radius 2 is 1.00 bits per heavy atom. The van der Waals surface area contributed by atoms with Gasteiger partial charge in [0.25, 0.3) is 22.2 Å². The molecule has 0 atom stereocenters. The molecule has 8 nitrogen and oxygen atoms in total. The molecule has 9 aromatic rings. The third-order valence-electron chi connectivity index (χ3n) is 9.26. The summed E-state index contributed by atoms with van der Waals surface area (Å²) in [6.45, 7) is 8.36. The van der Waals surface area contributed by atoms with Gasteiger partial charge in [0.15, 0.2) is 0 Å². The molecule has 8 bridgehead atoms. The SMILES string of the molecule is CCc1cc2c(c(CN)c1CC)c1c3c(=O)n4c(=O)c3c2c2c(=O)n(c(=O)c21)c1c(CN)c(CC)c(CC)cc14. The number of hydrogen-bond donors (Lipinski definition) is 2. The maximum Gasteiger partial charge on any atom is 0.266 e.